The number of ether oxygens (including phenoxy) is 1. The molecule has 17 heavy (non-hydrogen) atoms. The normalized spacial score (nSPS) is 12.2. The van der Waals surface area contributed by atoms with E-state index in [0.29, 0.717) is 5.75 Å². The van der Waals surface area contributed by atoms with Crippen molar-refractivity contribution in [3.05, 3.63) is 29.6 Å². The van der Waals surface area contributed by atoms with Gasteiger partial charge in [-0.05, 0) is 32.2 Å². The molecule has 1 amide bonds. The summed E-state index contributed by atoms with van der Waals surface area (Å²) in [5.74, 6) is -0.172. The van der Waals surface area contributed by atoms with Gasteiger partial charge in [-0.1, -0.05) is 0 Å². The molecule has 0 aliphatic carbocycles. The van der Waals surface area contributed by atoms with Crippen molar-refractivity contribution < 1.29 is 13.9 Å². The van der Waals surface area contributed by atoms with E-state index in [1.54, 1.807) is 13.1 Å². The van der Waals surface area contributed by atoms with Crippen molar-refractivity contribution in [3.63, 3.8) is 0 Å². The predicted octanol–water partition coefficient (Wildman–Crippen LogP) is 1.36. The van der Waals surface area contributed by atoms with Crippen molar-refractivity contribution in [1.29, 1.82) is 0 Å². The quantitative estimate of drug-likeness (QED) is 0.789. The van der Waals surface area contributed by atoms with Crippen molar-refractivity contribution in [1.82, 2.24) is 5.32 Å². The number of nitrogens with two attached hydrogens (primary N) is 1. The molecule has 0 fully saturated rings. The molecule has 0 saturated heterocycles. The molecule has 4 nitrogen and oxygen atoms in total. The lowest BCUT2D eigenvalue weighted by Crippen LogP contribution is -2.17. The molecule has 0 heterocycles. The van der Waals surface area contributed by atoms with Crippen LogP contribution in [0.4, 0.5) is 4.39 Å². The smallest absolute Gasteiger partial charge is 0.220 e. The Bertz CT molecular complexity index is 396. The van der Waals surface area contributed by atoms with Gasteiger partial charge in [0.1, 0.15) is 11.6 Å². The zero-order valence-corrected chi connectivity index (χ0v) is 10.00. The Morgan fingerprint density at radius 1 is 1.59 bits per heavy atom. The number of carbonyl (C=O) groups is 1. The number of carbonyl (C=O) groups excluding carboxylic acids is 1. The molecule has 0 bridgehead atoms. The maximum absolute atomic E-state index is 13.1. The summed E-state index contributed by atoms with van der Waals surface area (Å²) < 4.78 is 18.6. The van der Waals surface area contributed by atoms with Gasteiger partial charge in [-0.25, -0.2) is 4.39 Å². The molecule has 1 rings (SSSR count). The molecule has 0 aliphatic heterocycles. The molecule has 1 aromatic carbocycles. The van der Waals surface area contributed by atoms with Crippen LogP contribution in [0.5, 0.6) is 5.75 Å². The van der Waals surface area contributed by atoms with Gasteiger partial charge in [0.05, 0.1) is 13.0 Å². The molecule has 5 heteroatoms. The maximum atomic E-state index is 13.1. The van der Waals surface area contributed by atoms with E-state index in [2.05, 4.69) is 5.32 Å². The summed E-state index contributed by atoms with van der Waals surface area (Å²) in [6.45, 7) is 2.10. The van der Waals surface area contributed by atoms with Crippen molar-refractivity contribution >= 4 is 5.91 Å². The van der Waals surface area contributed by atoms with E-state index < -0.39 is 5.91 Å². The second kappa shape index (κ2) is 6.20. The van der Waals surface area contributed by atoms with E-state index in [0.717, 1.165) is 5.56 Å². The first-order chi connectivity index (χ1) is 8.04. The molecule has 94 valence electrons. The van der Waals surface area contributed by atoms with E-state index in [-0.39, 0.29) is 24.9 Å². The van der Waals surface area contributed by atoms with Crippen LogP contribution in [0, 0.1) is 5.82 Å². The summed E-state index contributed by atoms with van der Waals surface area (Å²) >= 11 is 0. The summed E-state index contributed by atoms with van der Waals surface area (Å²) in [6, 6.07) is 4.26. The van der Waals surface area contributed by atoms with E-state index in [1.165, 1.54) is 12.1 Å². The van der Waals surface area contributed by atoms with Gasteiger partial charge in [0.2, 0.25) is 5.91 Å². The highest BCUT2D eigenvalue weighted by Crippen LogP contribution is 2.25. The summed E-state index contributed by atoms with van der Waals surface area (Å²) in [5.41, 5.74) is 5.73. The molecular weight excluding hydrogens is 223 g/mol. The van der Waals surface area contributed by atoms with E-state index in [9.17, 15) is 9.18 Å². The zero-order chi connectivity index (χ0) is 12.8. The number of halogens is 1. The summed E-state index contributed by atoms with van der Waals surface area (Å²) in [4.78, 5) is 10.6. The first kappa shape index (κ1) is 13.4. The van der Waals surface area contributed by atoms with Crippen LogP contribution in [0.15, 0.2) is 18.2 Å². The van der Waals surface area contributed by atoms with Crippen LogP contribution in [0.2, 0.25) is 0 Å². The van der Waals surface area contributed by atoms with Gasteiger partial charge >= 0.3 is 0 Å². The Morgan fingerprint density at radius 3 is 2.88 bits per heavy atom. The van der Waals surface area contributed by atoms with Crippen LogP contribution >= 0.6 is 0 Å². The van der Waals surface area contributed by atoms with Crippen LogP contribution in [0.3, 0.4) is 0 Å². The lowest BCUT2D eigenvalue weighted by atomic mass is 10.1. The minimum atomic E-state index is -0.421. The van der Waals surface area contributed by atoms with Crippen LogP contribution in [0.1, 0.15) is 24.9 Å². The summed E-state index contributed by atoms with van der Waals surface area (Å²) in [7, 11) is 1.78. The largest absolute Gasteiger partial charge is 0.493 e. The fourth-order valence-electron chi connectivity index (χ4n) is 1.41. The van der Waals surface area contributed by atoms with Crippen LogP contribution < -0.4 is 15.8 Å². The Balaban J connectivity index is 2.79. The molecule has 0 aromatic heterocycles. The number of nitrogens with one attached hydrogen (secondary N) is 1. The second-order valence-electron chi connectivity index (χ2n) is 3.76. The zero-order valence-electron chi connectivity index (χ0n) is 10.00. The van der Waals surface area contributed by atoms with Crippen LogP contribution in [-0.4, -0.2) is 19.6 Å². The molecule has 0 radical (unpaired) electrons. The van der Waals surface area contributed by atoms with E-state index in [1.807, 2.05) is 6.92 Å². The van der Waals surface area contributed by atoms with Gasteiger partial charge < -0.3 is 15.8 Å². The SMILES string of the molecule is CNC(C)c1cc(F)ccc1OCCC(N)=O. The van der Waals surface area contributed by atoms with Gasteiger partial charge in [0.25, 0.3) is 0 Å². The number of hydrogen-bond donors (Lipinski definition) is 2. The topological polar surface area (TPSA) is 64.3 Å². The number of rotatable bonds is 6. The van der Waals surface area contributed by atoms with Crippen molar-refractivity contribution in [2.24, 2.45) is 5.73 Å². The average Bonchev–Trinajstić information content (AvgIpc) is 2.29. The Hall–Kier alpha value is -1.62. The molecule has 0 spiro atoms. The van der Waals surface area contributed by atoms with E-state index >= 15 is 0 Å². The summed E-state index contributed by atoms with van der Waals surface area (Å²) in [6.07, 6.45) is 0.144. The van der Waals surface area contributed by atoms with Gasteiger partial charge in [-0.2, -0.15) is 0 Å². The minimum absolute atomic E-state index is 0.0331. The number of amides is 1. The van der Waals surface area contributed by atoms with Crippen molar-refractivity contribution in [2.45, 2.75) is 19.4 Å². The van der Waals surface area contributed by atoms with Gasteiger partial charge in [-0.3, -0.25) is 4.79 Å². The number of benzene rings is 1. The highest BCUT2D eigenvalue weighted by molar-refractivity contribution is 5.73. The second-order valence-corrected chi connectivity index (χ2v) is 3.76. The average molecular weight is 240 g/mol. The van der Waals surface area contributed by atoms with Gasteiger partial charge in [0, 0.05) is 11.6 Å². The molecule has 0 saturated carbocycles. The van der Waals surface area contributed by atoms with Crippen LogP contribution in [0.25, 0.3) is 0 Å². The van der Waals surface area contributed by atoms with Crippen molar-refractivity contribution in [2.75, 3.05) is 13.7 Å². The first-order valence-electron chi connectivity index (χ1n) is 5.42. The lowest BCUT2D eigenvalue weighted by molar-refractivity contribution is -0.118. The fraction of sp³-hybridized carbons (Fsp3) is 0.417. The lowest BCUT2D eigenvalue weighted by Gasteiger charge is -2.16. The molecule has 1 atom stereocenters. The fourth-order valence-corrected chi connectivity index (χ4v) is 1.41. The highest BCUT2D eigenvalue weighted by Gasteiger charge is 2.11. The number of hydrogen-bond acceptors (Lipinski definition) is 3. The number of primary amides is 1. The third-order valence-corrected chi connectivity index (χ3v) is 2.48. The Kier molecular flexibility index (Phi) is 4.90. The third kappa shape index (κ3) is 4.03. The van der Waals surface area contributed by atoms with Gasteiger partial charge in [0.15, 0.2) is 0 Å². The Morgan fingerprint density at radius 2 is 2.29 bits per heavy atom. The van der Waals surface area contributed by atoms with Crippen LogP contribution in [-0.2, 0) is 4.79 Å². The maximum Gasteiger partial charge on any atom is 0.220 e. The standard InChI is InChI=1S/C12H17FN2O2/c1-8(15-2)10-7-9(13)3-4-11(10)17-6-5-12(14)16/h3-4,7-8,15H,5-6H2,1-2H3,(H2,14,16). The molecule has 3 N–H and O–H groups in total. The Labute approximate surface area is 100.0 Å². The molecule has 1 unspecified atom stereocenters. The first-order valence-corrected chi connectivity index (χ1v) is 5.42. The van der Waals surface area contributed by atoms with E-state index in [4.69, 9.17) is 10.5 Å². The monoisotopic (exact) mass is 240 g/mol. The summed E-state index contributed by atoms with van der Waals surface area (Å²) in [5, 5.41) is 3.01. The molecular formula is C12H17FN2O2. The van der Waals surface area contributed by atoms with Crippen molar-refractivity contribution in [3.8, 4) is 5.75 Å². The third-order valence-electron chi connectivity index (χ3n) is 2.48. The van der Waals surface area contributed by atoms with Gasteiger partial charge in [-0.15, -0.1) is 0 Å². The highest BCUT2D eigenvalue weighted by atomic mass is 19.1. The molecule has 1 aromatic rings. The molecule has 0 aliphatic rings. The predicted molar refractivity (Wildman–Crippen MR) is 63.2 cm³/mol. The minimum Gasteiger partial charge on any atom is -0.493 e.